The van der Waals surface area contributed by atoms with E-state index in [1.54, 1.807) is 26.0 Å². The van der Waals surface area contributed by atoms with Gasteiger partial charge in [0.1, 0.15) is 0 Å². The lowest BCUT2D eigenvalue weighted by Crippen LogP contribution is -2.18. The molecule has 0 bridgehead atoms. The van der Waals surface area contributed by atoms with Crippen molar-refractivity contribution in [3.05, 3.63) is 34.9 Å². The predicted octanol–water partition coefficient (Wildman–Crippen LogP) is 2.09. The second kappa shape index (κ2) is 6.53. The molecule has 1 rings (SSSR count). The number of methoxy groups -OCH3 is 1. The van der Waals surface area contributed by atoms with Crippen molar-refractivity contribution in [3.63, 3.8) is 0 Å². The summed E-state index contributed by atoms with van der Waals surface area (Å²) in [4.78, 5) is 34.5. The molecule has 0 aliphatic rings. The molecule has 0 aliphatic heterocycles. The molecule has 102 valence electrons. The van der Waals surface area contributed by atoms with Gasteiger partial charge in [0.05, 0.1) is 24.8 Å². The maximum Gasteiger partial charge on any atom is 0.516 e. The van der Waals surface area contributed by atoms with Gasteiger partial charge in [0, 0.05) is 0 Å². The number of esters is 2. The third kappa shape index (κ3) is 3.54. The molecular weight excluding hydrogens is 252 g/mol. The van der Waals surface area contributed by atoms with Crippen LogP contribution in [0.2, 0.25) is 0 Å². The molecule has 19 heavy (non-hydrogen) atoms. The van der Waals surface area contributed by atoms with Gasteiger partial charge in [0.15, 0.2) is 0 Å². The van der Waals surface area contributed by atoms with Crippen LogP contribution in [-0.2, 0) is 14.2 Å². The molecule has 0 saturated carbocycles. The average molecular weight is 266 g/mol. The summed E-state index contributed by atoms with van der Waals surface area (Å²) in [6.07, 6.45) is -1.11. The highest BCUT2D eigenvalue weighted by atomic mass is 16.7. The van der Waals surface area contributed by atoms with Crippen molar-refractivity contribution in [2.24, 2.45) is 0 Å². The second-order valence-corrected chi connectivity index (χ2v) is 3.56. The van der Waals surface area contributed by atoms with Gasteiger partial charge in [-0.25, -0.2) is 14.4 Å². The number of rotatable bonds is 3. The van der Waals surface area contributed by atoms with Gasteiger partial charge in [0.25, 0.3) is 0 Å². The molecule has 6 heteroatoms. The quantitative estimate of drug-likeness (QED) is 0.615. The van der Waals surface area contributed by atoms with Crippen molar-refractivity contribution in [3.8, 4) is 0 Å². The average Bonchev–Trinajstić information content (AvgIpc) is 2.37. The van der Waals surface area contributed by atoms with Crippen LogP contribution >= 0.6 is 0 Å². The number of hydrogen-bond donors (Lipinski definition) is 0. The first-order valence-electron chi connectivity index (χ1n) is 5.58. The SMILES string of the molecule is CCOC(=O)OC(=O)c1cccc(C)c1C(=O)OC. The molecule has 0 N–H and O–H groups in total. The van der Waals surface area contributed by atoms with Crippen molar-refractivity contribution in [1.82, 2.24) is 0 Å². The molecule has 0 spiro atoms. The molecule has 6 nitrogen and oxygen atoms in total. The van der Waals surface area contributed by atoms with Gasteiger partial charge in [-0.2, -0.15) is 0 Å². The first-order valence-corrected chi connectivity index (χ1v) is 5.58. The summed E-state index contributed by atoms with van der Waals surface area (Å²) in [7, 11) is 1.20. The Bertz CT molecular complexity index is 506. The summed E-state index contributed by atoms with van der Waals surface area (Å²) in [6.45, 7) is 3.31. The molecule has 0 radical (unpaired) electrons. The van der Waals surface area contributed by atoms with E-state index >= 15 is 0 Å². The van der Waals surface area contributed by atoms with E-state index in [4.69, 9.17) is 0 Å². The molecule has 0 unspecified atom stereocenters. The summed E-state index contributed by atoms with van der Waals surface area (Å²) in [5.74, 6) is -1.63. The van der Waals surface area contributed by atoms with Gasteiger partial charge in [-0.15, -0.1) is 0 Å². The van der Waals surface area contributed by atoms with Crippen LogP contribution in [0, 0.1) is 6.92 Å². The van der Waals surface area contributed by atoms with Crippen LogP contribution in [0.1, 0.15) is 33.2 Å². The van der Waals surface area contributed by atoms with Crippen molar-refractivity contribution < 1.29 is 28.6 Å². The Morgan fingerprint density at radius 1 is 1.16 bits per heavy atom. The van der Waals surface area contributed by atoms with Crippen molar-refractivity contribution in [1.29, 1.82) is 0 Å². The Labute approximate surface area is 110 Å². The minimum Gasteiger partial charge on any atom is -0.465 e. The van der Waals surface area contributed by atoms with E-state index in [9.17, 15) is 14.4 Å². The molecule has 0 saturated heterocycles. The zero-order valence-corrected chi connectivity index (χ0v) is 10.9. The molecule has 0 heterocycles. The van der Waals surface area contributed by atoms with E-state index in [0.29, 0.717) is 5.56 Å². The van der Waals surface area contributed by atoms with Crippen LogP contribution in [0.15, 0.2) is 18.2 Å². The Kier molecular flexibility index (Phi) is 5.05. The Hall–Kier alpha value is -2.37. The summed E-state index contributed by atoms with van der Waals surface area (Å²) in [5.41, 5.74) is 0.573. The second-order valence-electron chi connectivity index (χ2n) is 3.56. The molecule has 0 atom stereocenters. The fourth-order valence-corrected chi connectivity index (χ4v) is 1.49. The van der Waals surface area contributed by atoms with E-state index in [1.165, 1.54) is 13.2 Å². The van der Waals surface area contributed by atoms with Crippen LogP contribution in [0.3, 0.4) is 0 Å². The van der Waals surface area contributed by atoms with Gasteiger partial charge < -0.3 is 14.2 Å². The van der Waals surface area contributed by atoms with E-state index < -0.39 is 18.1 Å². The lowest BCUT2D eigenvalue weighted by atomic mass is 10.0. The lowest BCUT2D eigenvalue weighted by molar-refractivity contribution is 0.0391. The molecule has 0 amide bonds. The van der Waals surface area contributed by atoms with E-state index in [1.807, 2.05) is 0 Å². The number of benzene rings is 1. The Balaban J connectivity index is 3.06. The Morgan fingerprint density at radius 2 is 1.84 bits per heavy atom. The maximum absolute atomic E-state index is 11.8. The highest BCUT2D eigenvalue weighted by Gasteiger charge is 2.23. The fraction of sp³-hybridized carbons (Fsp3) is 0.308. The standard InChI is InChI=1S/C13H14O6/c1-4-18-13(16)19-11(14)9-7-5-6-8(2)10(9)12(15)17-3/h5-7H,4H2,1-3H3. The number of carbonyl (C=O) groups excluding carboxylic acids is 3. The third-order valence-electron chi connectivity index (χ3n) is 2.32. The zero-order valence-electron chi connectivity index (χ0n) is 10.9. The lowest BCUT2D eigenvalue weighted by Gasteiger charge is -2.09. The molecule has 1 aromatic carbocycles. The summed E-state index contributed by atoms with van der Waals surface area (Å²) in [5, 5.41) is 0. The third-order valence-corrected chi connectivity index (χ3v) is 2.32. The van der Waals surface area contributed by atoms with Crippen molar-refractivity contribution in [2.45, 2.75) is 13.8 Å². The van der Waals surface area contributed by atoms with Crippen molar-refractivity contribution in [2.75, 3.05) is 13.7 Å². The fourth-order valence-electron chi connectivity index (χ4n) is 1.49. The van der Waals surface area contributed by atoms with E-state index in [-0.39, 0.29) is 17.7 Å². The molecule has 0 aliphatic carbocycles. The largest absolute Gasteiger partial charge is 0.516 e. The summed E-state index contributed by atoms with van der Waals surface area (Å²) >= 11 is 0. The minimum absolute atomic E-state index is 0.0418. The normalized spacial score (nSPS) is 9.63. The van der Waals surface area contributed by atoms with Crippen LogP contribution in [0.4, 0.5) is 4.79 Å². The van der Waals surface area contributed by atoms with Gasteiger partial charge in [-0.05, 0) is 25.5 Å². The predicted molar refractivity (Wildman–Crippen MR) is 65.0 cm³/mol. The number of ether oxygens (including phenoxy) is 3. The highest BCUT2D eigenvalue weighted by molar-refractivity contribution is 6.06. The van der Waals surface area contributed by atoms with Gasteiger partial charge in [-0.3, -0.25) is 0 Å². The smallest absolute Gasteiger partial charge is 0.465 e. The van der Waals surface area contributed by atoms with Gasteiger partial charge in [-0.1, -0.05) is 12.1 Å². The first-order chi connectivity index (χ1) is 9.01. The molecule has 1 aromatic rings. The molecular formula is C13H14O6. The molecule has 0 aromatic heterocycles. The topological polar surface area (TPSA) is 78.9 Å². The van der Waals surface area contributed by atoms with Crippen molar-refractivity contribution >= 4 is 18.1 Å². The van der Waals surface area contributed by atoms with Crippen LogP contribution < -0.4 is 0 Å². The summed E-state index contributed by atoms with van der Waals surface area (Å²) in [6, 6.07) is 4.59. The van der Waals surface area contributed by atoms with Crippen LogP contribution in [0.25, 0.3) is 0 Å². The minimum atomic E-state index is -1.11. The van der Waals surface area contributed by atoms with Crippen LogP contribution in [0.5, 0.6) is 0 Å². The van der Waals surface area contributed by atoms with Crippen LogP contribution in [-0.4, -0.2) is 31.8 Å². The summed E-state index contributed by atoms with van der Waals surface area (Å²) < 4.78 is 13.5. The van der Waals surface area contributed by atoms with Gasteiger partial charge >= 0.3 is 18.1 Å². The zero-order chi connectivity index (χ0) is 14.4. The molecule has 0 fully saturated rings. The number of carbonyl (C=O) groups is 3. The Morgan fingerprint density at radius 3 is 2.42 bits per heavy atom. The number of aryl methyl sites for hydroxylation is 1. The highest BCUT2D eigenvalue weighted by Crippen LogP contribution is 2.16. The van der Waals surface area contributed by atoms with E-state index in [2.05, 4.69) is 14.2 Å². The maximum atomic E-state index is 11.8. The van der Waals surface area contributed by atoms with E-state index in [0.717, 1.165) is 0 Å². The monoisotopic (exact) mass is 266 g/mol. The first kappa shape index (κ1) is 14.7. The van der Waals surface area contributed by atoms with Gasteiger partial charge in [0.2, 0.25) is 0 Å². The number of hydrogen-bond acceptors (Lipinski definition) is 6.